The molecule has 3 heterocycles. The van der Waals surface area contributed by atoms with Gasteiger partial charge in [0.15, 0.2) is 11.5 Å². The van der Waals surface area contributed by atoms with Gasteiger partial charge in [0.25, 0.3) is 5.95 Å². The third kappa shape index (κ3) is 3.13. The number of benzene rings is 2. The number of anilines is 1. The summed E-state index contributed by atoms with van der Waals surface area (Å²) < 4.78 is 3.21. The first-order chi connectivity index (χ1) is 15.6. The van der Waals surface area contributed by atoms with Crippen molar-refractivity contribution in [1.82, 2.24) is 19.2 Å². The standard InChI is InChI=1S/C24H18N6O2/c1-15-12-18-17(13-25)8-5-9-19(18)29(15)24-27-22(26-14-16-6-3-2-4-7-16)20-10-11-21(23(31)32)30(20)28-24/h2-12H,14H2,1H3,(H,31,32)(H,26,27,28). The van der Waals surface area contributed by atoms with Crippen LogP contribution in [0, 0.1) is 18.3 Å². The lowest BCUT2D eigenvalue weighted by atomic mass is 10.1. The average molecular weight is 422 g/mol. The number of carboxylic acids is 1. The maximum atomic E-state index is 11.8. The summed E-state index contributed by atoms with van der Waals surface area (Å²) in [5, 5.41) is 27.8. The minimum absolute atomic E-state index is 0.0400. The molecule has 156 valence electrons. The van der Waals surface area contributed by atoms with Gasteiger partial charge in [-0.1, -0.05) is 36.4 Å². The highest BCUT2D eigenvalue weighted by molar-refractivity contribution is 5.90. The normalized spacial score (nSPS) is 11.0. The minimum atomic E-state index is -1.08. The summed E-state index contributed by atoms with van der Waals surface area (Å²) in [6.45, 7) is 2.42. The molecule has 32 heavy (non-hydrogen) atoms. The number of carboxylic acid groups (broad SMARTS) is 1. The number of aryl methyl sites for hydroxylation is 1. The molecule has 0 fully saturated rings. The Balaban J connectivity index is 1.71. The van der Waals surface area contributed by atoms with E-state index in [2.05, 4.69) is 16.5 Å². The number of aromatic carboxylic acids is 1. The molecule has 8 nitrogen and oxygen atoms in total. The van der Waals surface area contributed by atoms with E-state index in [9.17, 15) is 15.2 Å². The molecule has 5 rings (SSSR count). The fourth-order valence-electron chi connectivity index (χ4n) is 3.88. The van der Waals surface area contributed by atoms with Gasteiger partial charge in [-0.2, -0.15) is 10.2 Å². The smallest absolute Gasteiger partial charge is 0.354 e. The van der Waals surface area contributed by atoms with Crippen LogP contribution in [-0.2, 0) is 6.54 Å². The van der Waals surface area contributed by atoms with E-state index in [1.807, 2.05) is 60.0 Å². The van der Waals surface area contributed by atoms with Gasteiger partial charge < -0.3 is 10.4 Å². The number of rotatable bonds is 5. The van der Waals surface area contributed by atoms with Crippen LogP contribution in [0.5, 0.6) is 0 Å². The predicted molar refractivity (Wildman–Crippen MR) is 120 cm³/mol. The topological polar surface area (TPSA) is 108 Å². The van der Waals surface area contributed by atoms with E-state index in [1.54, 1.807) is 12.1 Å². The predicted octanol–water partition coefficient (Wildman–Crippen LogP) is 4.16. The fraction of sp³-hybridized carbons (Fsp3) is 0.0833. The highest BCUT2D eigenvalue weighted by atomic mass is 16.4. The molecule has 3 aromatic heterocycles. The van der Waals surface area contributed by atoms with Gasteiger partial charge in [0.1, 0.15) is 5.52 Å². The van der Waals surface area contributed by atoms with E-state index in [0.717, 1.165) is 22.2 Å². The van der Waals surface area contributed by atoms with Crippen molar-refractivity contribution in [2.24, 2.45) is 0 Å². The minimum Gasteiger partial charge on any atom is -0.477 e. The second-order valence-corrected chi connectivity index (χ2v) is 7.39. The first-order valence-corrected chi connectivity index (χ1v) is 9.99. The van der Waals surface area contributed by atoms with Crippen LogP contribution in [0.2, 0.25) is 0 Å². The molecule has 2 aromatic carbocycles. The quantitative estimate of drug-likeness (QED) is 0.440. The number of nitrogens with zero attached hydrogens (tertiary/aromatic N) is 5. The SMILES string of the molecule is Cc1cc2c(C#N)cccc2n1-c1nc(NCc2ccccc2)c2ccc(C(=O)O)n2n1. The number of hydrogen-bond donors (Lipinski definition) is 2. The molecule has 0 spiro atoms. The zero-order valence-electron chi connectivity index (χ0n) is 17.1. The molecule has 0 amide bonds. The van der Waals surface area contributed by atoms with Crippen molar-refractivity contribution in [2.45, 2.75) is 13.5 Å². The summed E-state index contributed by atoms with van der Waals surface area (Å²) >= 11 is 0. The van der Waals surface area contributed by atoms with E-state index in [-0.39, 0.29) is 5.69 Å². The number of hydrogen-bond acceptors (Lipinski definition) is 5. The Kier molecular flexibility index (Phi) is 4.57. The van der Waals surface area contributed by atoms with Crippen LogP contribution in [0.3, 0.4) is 0 Å². The Morgan fingerprint density at radius 1 is 1.09 bits per heavy atom. The highest BCUT2D eigenvalue weighted by Gasteiger charge is 2.19. The summed E-state index contributed by atoms with van der Waals surface area (Å²) in [5.41, 5.74) is 3.84. The molecule has 0 radical (unpaired) electrons. The summed E-state index contributed by atoms with van der Waals surface area (Å²) in [4.78, 5) is 16.5. The molecule has 0 aliphatic heterocycles. The van der Waals surface area contributed by atoms with Crippen molar-refractivity contribution in [3.63, 3.8) is 0 Å². The molecular formula is C24H18N6O2. The molecule has 5 aromatic rings. The molecule has 0 saturated heterocycles. The van der Waals surface area contributed by atoms with Crippen LogP contribution < -0.4 is 5.32 Å². The third-order valence-corrected chi connectivity index (χ3v) is 5.37. The largest absolute Gasteiger partial charge is 0.477 e. The first kappa shape index (κ1) is 19.3. The Labute approximate surface area is 183 Å². The lowest BCUT2D eigenvalue weighted by Gasteiger charge is -2.13. The monoisotopic (exact) mass is 422 g/mol. The van der Waals surface area contributed by atoms with Crippen LogP contribution in [-0.4, -0.2) is 30.2 Å². The zero-order valence-corrected chi connectivity index (χ0v) is 17.1. The fourth-order valence-corrected chi connectivity index (χ4v) is 3.88. The maximum absolute atomic E-state index is 11.8. The highest BCUT2D eigenvalue weighted by Crippen LogP contribution is 2.27. The van der Waals surface area contributed by atoms with Gasteiger partial charge in [-0.3, -0.25) is 4.57 Å². The molecule has 0 saturated carbocycles. The van der Waals surface area contributed by atoms with Crippen molar-refractivity contribution in [2.75, 3.05) is 5.32 Å². The van der Waals surface area contributed by atoms with E-state index in [1.165, 1.54) is 10.6 Å². The van der Waals surface area contributed by atoms with Crippen LogP contribution in [0.25, 0.3) is 22.4 Å². The molecule has 0 aliphatic carbocycles. The van der Waals surface area contributed by atoms with E-state index < -0.39 is 5.97 Å². The molecule has 8 heteroatoms. The summed E-state index contributed by atoms with van der Waals surface area (Å²) in [6.07, 6.45) is 0. The van der Waals surface area contributed by atoms with Gasteiger partial charge >= 0.3 is 5.97 Å². The van der Waals surface area contributed by atoms with Crippen LogP contribution >= 0.6 is 0 Å². The van der Waals surface area contributed by atoms with Crippen LogP contribution in [0.1, 0.15) is 27.3 Å². The average Bonchev–Trinajstić information content (AvgIpc) is 3.38. The number of nitrogens with one attached hydrogen (secondary N) is 1. The van der Waals surface area contributed by atoms with Crippen molar-refractivity contribution in [1.29, 1.82) is 5.26 Å². The summed E-state index contributed by atoms with van der Waals surface area (Å²) in [7, 11) is 0. The molecule has 0 atom stereocenters. The van der Waals surface area contributed by atoms with Crippen LogP contribution in [0.15, 0.2) is 66.7 Å². The molecule has 2 N–H and O–H groups in total. The Morgan fingerprint density at radius 3 is 2.66 bits per heavy atom. The number of fused-ring (bicyclic) bond motifs is 2. The molecule has 0 unspecified atom stereocenters. The first-order valence-electron chi connectivity index (χ1n) is 9.99. The van der Waals surface area contributed by atoms with E-state index >= 15 is 0 Å². The van der Waals surface area contributed by atoms with E-state index in [4.69, 9.17) is 4.98 Å². The van der Waals surface area contributed by atoms with Crippen molar-refractivity contribution < 1.29 is 9.90 Å². The molecule has 0 bridgehead atoms. The van der Waals surface area contributed by atoms with Crippen molar-refractivity contribution >= 4 is 28.2 Å². The van der Waals surface area contributed by atoms with Gasteiger partial charge in [-0.05, 0) is 42.8 Å². The van der Waals surface area contributed by atoms with Gasteiger partial charge in [-0.25, -0.2) is 9.31 Å². The lowest BCUT2D eigenvalue weighted by Crippen LogP contribution is -2.13. The zero-order chi connectivity index (χ0) is 22.2. The van der Waals surface area contributed by atoms with E-state index in [0.29, 0.717) is 29.4 Å². The second kappa shape index (κ2) is 7.56. The van der Waals surface area contributed by atoms with Crippen LogP contribution in [0.4, 0.5) is 5.82 Å². The summed E-state index contributed by atoms with van der Waals surface area (Å²) in [5.74, 6) is -0.247. The Morgan fingerprint density at radius 2 is 1.91 bits per heavy atom. The molecule has 0 aliphatic rings. The van der Waals surface area contributed by atoms with Gasteiger partial charge in [-0.15, -0.1) is 5.10 Å². The second-order valence-electron chi connectivity index (χ2n) is 7.39. The Hall–Kier alpha value is -4.64. The van der Waals surface area contributed by atoms with Gasteiger partial charge in [0, 0.05) is 17.6 Å². The van der Waals surface area contributed by atoms with Gasteiger partial charge in [0.05, 0.1) is 17.1 Å². The van der Waals surface area contributed by atoms with Crippen molar-refractivity contribution in [3.05, 3.63) is 89.2 Å². The molecular weight excluding hydrogens is 404 g/mol. The number of nitriles is 1. The Bertz CT molecular complexity index is 1530. The number of aromatic nitrogens is 4. The summed E-state index contributed by atoms with van der Waals surface area (Å²) in [6, 6.07) is 22.6. The van der Waals surface area contributed by atoms with Crippen molar-refractivity contribution in [3.8, 4) is 12.0 Å². The maximum Gasteiger partial charge on any atom is 0.354 e. The third-order valence-electron chi connectivity index (χ3n) is 5.37. The van der Waals surface area contributed by atoms with Gasteiger partial charge in [0.2, 0.25) is 0 Å². The lowest BCUT2D eigenvalue weighted by molar-refractivity contribution is 0.0688. The number of carbonyl (C=O) groups is 1.